The molecule has 2 aromatic carbocycles. The highest BCUT2D eigenvalue weighted by molar-refractivity contribution is 9.10. The van der Waals surface area contributed by atoms with Crippen LogP contribution in [0.4, 0.5) is 5.69 Å². The Hall–Kier alpha value is -1.85. The van der Waals surface area contributed by atoms with Crippen LogP contribution in [0.5, 0.6) is 5.75 Å². The Morgan fingerprint density at radius 1 is 1.16 bits per heavy atom. The van der Waals surface area contributed by atoms with E-state index in [1.165, 1.54) is 0 Å². The number of para-hydroxylation sites is 1. The summed E-state index contributed by atoms with van der Waals surface area (Å²) in [6, 6.07) is 15.8. The maximum Gasteiger partial charge on any atom is 0.241 e. The number of benzene rings is 2. The van der Waals surface area contributed by atoms with Crippen molar-refractivity contribution >= 4 is 27.5 Å². The fraction of sp³-hybridized carbons (Fsp3) is 0.350. The molecule has 0 bridgehead atoms. The molecule has 2 rings (SSSR count). The van der Waals surface area contributed by atoms with E-state index in [1.807, 2.05) is 79.2 Å². The van der Waals surface area contributed by atoms with Crippen LogP contribution in [0.25, 0.3) is 0 Å². The molecule has 0 aliphatic carbocycles. The molecule has 0 saturated heterocycles. The molecule has 0 atom stereocenters. The highest BCUT2D eigenvalue weighted by Crippen LogP contribution is 2.24. The Balaban J connectivity index is 2.10. The second-order valence-electron chi connectivity index (χ2n) is 6.32. The van der Waals surface area contributed by atoms with E-state index in [0.29, 0.717) is 13.1 Å². The van der Waals surface area contributed by atoms with E-state index >= 15 is 0 Å². The molecule has 25 heavy (non-hydrogen) atoms. The van der Waals surface area contributed by atoms with E-state index in [1.54, 1.807) is 7.11 Å². The number of ether oxygens (including phenoxy) is 1. The molecule has 4 nitrogen and oxygen atoms in total. The van der Waals surface area contributed by atoms with Gasteiger partial charge in [-0.3, -0.25) is 9.69 Å². The lowest BCUT2D eigenvalue weighted by molar-refractivity contribution is -0.119. The molecule has 0 radical (unpaired) electrons. The van der Waals surface area contributed by atoms with Crippen molar-refractivity contribution in [3.8, 4) is 5.75 Å². The molecule has 0 aliphatic rings. The number of likely N-dealkylation sites (N-methyl/N-ethyl adjacent to an activating group) is 1. The highest BCUT2D eigenvalue weighted by atomic mass is 79.9. The number of hydrogen-bond donors (Lipinski definition) is 0. The predicted molar refractivity (Wildman–Crippen MR) is 106 cm³/mol. The van der Waals surface area contributed by atoms with Gasteiger partial charge in [0.2, 0.25) is 5.91 Å². The minimum absolute atomic E-state index is 0.0812. The van der Waals surface area contributed by atoms with Gasteiger partial charge in [0.05, 0.1) is 13.7 Å². The van der Waals surface area contributed by atoms with Gasteiger partial charge in [-0.1, -0.05) is 34.1 Å². The first-order chi connectivity index (χ1) is 11.9. The number of hydrogen-bond acceptors (Lipinski definition) is 3. The molecule has 2 aromatic rings. The first kappa shape index (κ1) is 19.5. The molecule has 0 spiro atoms. The van der Waals surface area contributed by atoms with Crippen molar-refractivity contribution in [1.82, 2.24) is 4.90 Å². The number of methoxy groups -OCH3 is 1. The molecular formula is C20H25BrN2O2. The minimum atomic E-state index is 0.0812. The largest absolute Gasteiger partial charge is 0.496 e. The van der Waals surface area contributed by atoms with Crippen molar-refractivity contribution in [3.63, 3.8) is 0 Å². The summed E-state index contributed by atoms with van der Waals surface area (Å²) in [6.07, 6.45) is 0. The second-order valence-corrected chi connectivity index (χ2v) is 7.24. The topological polar surface area (TPSA) is 32.8 Å². The molecule has 0 aliphatic heterocycles. The fourth-order valence-corrected chi connectivity index (χ4v) is 3.25. The van der Waals surface area contributed by atoms with Crippen LogP contribution in [0.15, 0.2) is 53.0 Å². The molecule has 0 aromatic heterocycles. The lowest BCUT2D eigenvalue weighted by atomic mass is 10.2. The molecular weight excluding hydrogens is 380 g/mol. The molecule has 0 saturated carbocycles. The van der Waals surface area contributed by atoms with Crippen LogP contribution in [0.1, 0.15) is 19.4 Å². The minimum Gasteiger partial charge on any atom is -0.496 e. The van der Waals surface area contributed by atoms with Gasteiger partial charge in [0.1, 0.15) is 5.75 Å². The summed E-state index contributed by atoms with van der Waals surface area (Å²) >= 11 is 3.49. The Kier molecular flexibility index (Phi) is 7.02. The quantitative estimate of drug-likeness (QED) is 0.688. The summed E-state index contributed by atoms with van der Waals surface area (Å²) < 4.78 is 6.41. The van der Waals surface area contributed by atoms with Gasteiger partial charge >= 0.3 is 0 Å². The normalized spacial score (nSPS) is 11.0. The van der Waals surface area contributed by atoms with E-state index in [4.69, 9.17) is 4.74 Å². The van der Waals surface area contributed by atoms with Gasteiger partial charge in [-0.05, 0) is 51.2 Å². The van der Waals surface area contributed by atoms with Crippen molar-refractivity contribution in [2.24, 2.45) is 0 Å². The van der Waals surface area contributed by atoms with Crippen LogP contribution in [-0.4, -0.2) is 37.6 Å². The Morgan fingerprint density at radius 2 is 1.84 bits per heavy atom. The van der Waals surface area contributed by atoms with Gasteiger partial charge in [-0.15, -0.1) is 0 Å². The third-order valence-corrected chi connectivity index (χ3v) is 4.40. The van der Waals surface area contributed by atoms with Crippen LogP contribution < -0.4 is 9.64 Å². The summed E-state index contributed by atoms with van der Waals surface area (Å²) in [7, 11) is 3.61. The Labute approximate surface area is 158 Å². The smallest absolute Gasteiger partial charge is 0.241 e. The van der Waals surface area contributed by atoms with Gasteiger partial charge in [-0.2, -0.15) is 0 Å². The molecule has 0 N–H and O–H groups in total. The summed E-state index contributed by atoms with van der Waals surface area (Å²) in [5.41, 5.74) is 1.97. The number of anilines is 1. The van der Waals surface area contributed by atoms with Crippen LogP contribution in [0.2, 0.25) is 0 Å². The van der Waals surface area contributed by atoms with Gasteiger partial charge in [0, 0.05) is 28.3 Å². The average Bonchev–Trinajstić information content (AvgIpc) is 2.55. The number of amides is 1. The Bertz CT molecular complexity index is 704. The summed E-state index contributed by atoms with van der Waals surface area (Å²) in [4.78, 5) is 16.7. The maximum atomic E-state index is 12.9. The van der Waals surface area contributed by atoms with Crippen LogP contribution in [-0.2, 0) is 11.3 Å². The molecule has 1 amide bonds. The van der Waals surface area contributed by atoms with E-state index in [0.717, 1.165) is 21.5 Å². The number of nitrogens with zero attached hydrogens (tertiary/aromatic N) is 2. The SMILES string of the molecule is COc1ccc(Br)cc1CN(C)CC(=O)N(c1ccccc1)C(C)C. The first-order valence-corrected chi connectivity index (χ1v) is 9.09. The number of carbonyl (C=O) groups excluding carboxylic acids is 1. The number of halogens is 1. The fourth-order valence-electron chi connectivity index (χ4n) is 2.84. The monoisotopic (exact) mass is 404 g/mol. The maximum absolute atomic E-state index is 12.9. The third kappa shape index (κ3) is 5.31. The molecule has 0 fully saturated rings. The average molecular weight is 405 g/mol. The summed E-state index contributed by atoms with van der Waals surface area (Å²) in [5, 5.41) is 0. The van der Waals surface area contributed by atoms with Gasteiger partial charge in [-0.25, -0.2) is 0 Å². The zero-order chi connectivity index (χ0) is 18.4. The third-order valence-electron chi connectivity index (χ3n) is 3.91. The summed E-state index contributed by atoms with van der Waals surface area (Å²) in [5.74, 6) is 0.906. The number of rotatable bonds is 7. The molecule has 0 heterocycles. The van der Waals surface area contributed by atoms with Crippen LogP contribution in [0, 0.1) is 0 Å². The molecule has 134 valence electrons. The zero-order valence-electron chi connectivity index (χ0n) is 15.2. The van der Waals surface area contributed by atoms with Crippen molar-refractivity contribution in [2.75, 3.05) is 25.6 Å². The standard InChI is InChI=1S/C20H25BrN2O2/c1-15(2)23(18-8-6-5-7-9-18)20(24)14-22(3)13-16-12-17(21)10-11-19(16)25-4/h5-12,15H,13-14H2,1-4H3. The lowest BCUT2D eigenvalue weighted by Gasteiger charge is -2.29. The van der Waals surface area contributed by atoms with E-state index in [2.05, 4.69) is 15.9 Å². The molecule has 5 heteroatoms. The predicted octanol–water partition coefficient (Wildman–Crippen LogP) is 4.33. The lowest BCUT2D eigenvalue weighted by Crippen LogP contribution is -2.42. The molecule has 0 unspecified atom stereocenters. The van der Waals surface area contributed by atoms with Crippen LogP contribution in [0.3, 0.4) is 0 Å². The highest BCUT2D eigenvalue weighted by Gasteiger charge is 2.20. The van der Waals surface area contributed by atoms with Crippen LogP contribution >= 0.6 is 15.9 Å². The zero-order valence-corrected chi connectivity index (χ0v) is 16.8. The summed E-state index contributed by atoms with van der Waals surface area (Å²) in [6.45, 7) is 5.03. The van der Waals surface area contributed by atoms with E-state index in [-0.39, 0.29) is 11.9 Å². The van der Waals surface area contributed by atoms with Crippen molar-refractivity contribution in [2.45, 2.75) is 26.4 Å². The van der Waals surface area contributed by atoms with Gasteiger partial charge in [0.25, 0.3) is 0 Å². The van der Waals surface area contributed by atoms with Gasteiger partial charge in [0.15, 0.2) is 0 Å². The van der Waals surface area contributed by atoms with Gasteiger partial charge < -0.3 is 9.64 Å². The first-order valence-electron chi connectivity index (χ1n) is 8.30. The number of carbonyl (C=O) groups is 1. The van der Waals surface area contributed by atoms with E-state index in [9.17, 15) is 4.79 Å². The van der Waals surface area contributed by atoms with Crippen molar-refractivity contribution < 1.29 is 9.53 Å². The van der Waals surface area contributed by atoms with Crippen molar-refractivity contribution in [3.05, 3.63) is 58.6 Å². The second kappa shape index (κ2) is 9.02. The Morgan fingerprint density at radius 3 is 2.44 bits per heavy atom. The van der Waals surface area contributed by atoms with Crippen molar-refractivity contribution in [1.29, 1.82) is 0 Å². The van der Waals surface area contributed by atoms with E-state index < -0.39 is 0 Å².